The number of carbonyl (C=O) groups excluding carboxylic acids is 1. The minimum absolute atomic E-state index is 0.241. The van der Waals surface area contributed by atoms with Crippen LogP contribution in [0.25, 0.3) is 0 Å². The number of ether oxygens (including phenoxy) is 2. The number of hydrogen-bond donors (Lipinski definition) is 2. The molecule has 0 saturated carbocycles. The zero-order valence-corrected chi connectivity index (χ0v) is 13.1. The minimum atomic E-state index is -1.22. The molecule has 3 atom stereocenters. The third-order valence-electron chi connectivity index (χ3n) is 4.14. The Labute approximate surface area is 134 Å². The Morgan fingerprint density at radius 1 is 1.39 bits per heavy atom. The Kier molecular flexibility index (Phi) is 3.99. The van der Waals surface area contributed by atoms with Gasteiger partial charge < -0.3 is 24.8 Å². The van der Waals surface area contributed by atoms with Gasteiger partial charge in [-0.25, -0.2) is 4.79 Å². The van der Waals surface area contributed by atoms with E-state index >= 15 is 0 Å². The fraction of sp³-hybridized carbons (Fsp3) is 0.500. The van der Waals surface area contributed by atoms with Crippen LogP contribution in [0.2, 0.25) is 0 Å². The van der Waals surface area contributed by atoms with Gasteiger partial charge in [-0.15, -0.1) is 0 Å². The molecule has 2 aliphatic heterocycles. The molecule has 2 fully saturated rings. The molecule has 2 aliphatic rings. The van der Waals surface area contributed by atoms with Crippen LogP contribution in [0.15, 0.2) is 30.3 Å². The SMILES string of the molecule is CC1(C)OCC([C@H]2[C@@H](NC(=O)O)C(=O)N2Cc2ccccc2)O1. The maximum absolute atomic E-state index is 12.3. The fourth-order valence-corrected chi connectivity index (χ4v) is 3.11. The monoisotopic (exact) mass is 320 g/mol. The van der Waals surface area contributed by atoms with Crippen LogP contribution in [-0.4, -0.2) is 52.6 Å². The summed E-state index contributed by atoms with van der Waals surface area (Å²) < 4.78 is 11.4. The van der Waals surface area contributed by atoms with Crippen LogP contribution in [-0.2, 0) is 20.8 Å². The van der Waals surface area contributed by atoms with E-state index in [1.807, 2.05) is 30.3 Å². The number of hydrogen-bond acceptors (Lipinski definition) is 4. The topological polar surface area (TPSA) is 88.1 Å². The highest BCUT2D eigenvalue weighted by Crippen LogP contribution is 2.33. The number of carbonyl (C=O) groups is 2. The maximum atomic E-state index is 12.3. The first kappa shape index (κ1) is 15.8. The van der Waals surface area contributed by atoms with Gasteiger partial charge >= 0.3 is 6.09 Å². The highest BCUT2D eigenvalue weighted by Gasteiger charge is 2.55. The lowest BCUT2D eigenvalue weighted by molar-refractivity contribution is -0.174. The van der Waals surface area contributed by atoms with E-state index in [9.17, 15) is 9.59 Å². The zero-order chi connectivity index (χ0) is 16.6. The van der Waals surface area contributed by atoms with E-state index in [0.29, 0.717) is 13.2 Å². The van der Waals surface area contributed by atoms with Gasteiger partial charge in [-0.05, 0) is 19.4 Å². The first-order chi connectivity index (χ1) is 10.9. The Morgan fingerprint density at radius 2 is 2.09 bits per heavy atom. The average Bonchev–Trinajstić information content (AvgIpc) is 2.85. The number of β-lactam (4-membered cyclic amide) rings is 1. The van der Waals surface area contributed by atoms with Crippen molar-refractivity contribution in [2.45, 2.75) is 44.4 Å². The van der Waals surface area contributed by atoms with Gasteiger partial charge in [0.05, 0.1) is 12.6 Å². The maximum Gasteiger partial charge on any atom is 0.405 e. The molecule has 0 aromatic heterocycles. The summed E-state index contributed by atoms with van der Waals surface area (Å²) in [5.41, 5.74) is 0.984. The van der Waals surface area contributed by atoms with E-state index in [2.05, 4.69) is 5.32 Å². The van der Waals surface area contributed by atoms with Crippen LogP contribution in [0, 0.1) is 0 Å². The van der Waals surface area contributed by atoms with Gasteiger partial charge in [0.2, 0.25) is 5.91 Å². The van der Waals surface area contributed by atoms with Crippen molar-refractivity contribution in [2.24, 2.45) is 0 Å². The molecule has 124 valence electrons. The molecule has 2 saturated heterocycles. The molecule has 0 aliphatic carbocycles. The molecule has 0 spiro atoms. The number of nitrogens with zero attached hydrogens (tertiary/aromatic N) is 1. The highest BCUT2D eigenvalue weighted by atomic mass is 16.7. The third kappa shape index (κ3) is 3.16. The van der Waals surface area contributed by atoms with Gasteiger partial charge in [0.1, 0.15) is 12.1 Å². The fourth-order valence-electron chi connectivity index (χ4n) is 3.11. The van der Waals surface area contributed by atoms with Crippen LogP contribution >= 0.6 is 0 Å². The summed E-state index contributed by atoms with van der Waals surface area (Å²) in [6, 6.07) is 8.40. The highest BCUT2D eigenvalue weighted by molar-refractivity contribution is 5.92. The first-order valence-electron chi connectivity index (χ1n) is 7.53. The second-order valence-electron chi connectivity index (χ2n) is 6.24. The van der Waals surface area contributed by atoms with Crippen LogP contribution in [0.5, 0.6) is 0 Å². The van der Waals surface area contributed by atoms with Gasteiger partial charge in [-0.1, -0.05) is 30.3 Å². The van der Waals surface area contributed by atoms with E-state index in [0.717, 1.165) is 5.56 Å². The summed E-state index contributed by atoms with van der Waals surface area (Å²) in [5, 5.41) is 11.2. The molecule has 7 nitrogen and oxygen atoms in total. The molecule has 1 aromatic carbocycles. The summed E-state index contributed by atoms with van der Waals surface area (Å²) in [7, 11) is 0. The minimum Gasteiger partial charge on any atom is -0.465 e. The molecule has 1 aromatic rings. The molecule has 2 heterocycles. The Hall–Kier alpha value is -2.12. The summed E-state index contributed by atoms with van der Waals surface area (Å²) in [6.45, 7) is 4.35. The molecule has 1 unspecified atom stereocenters. The summed E-state index contributed by atoms with van der Waals surface area (Å²) in [5.74, 6) is -0.968. The summed E-state index contributed by atoms with van der Waals surface area (Å²) in [6.07, 6.45) is -1.57. The van der Waals surface area contributed by atoms with Crippen molar-refractivity contribution >= 4 is 12.0 Å². The van der Waals surface area contributed by atoms with E-state index < -0.39 is 17.9 Å². The molecule has 3 rings (SSSR count). The van der Waals surface area contributed by atoms with Crippen LogP contribution in [0.1, 0.15) is 19.4 Å². The second kappa shape index (κ2) is 5.82. The molecule has 0 bridgehead atoms. The number of rotatable bonds is 4. The lowest BCUT2D eigenvalue weighted by Gasteiger charge is -2.49. The van der Waals surface area contributed by atoms with Crippen molar-refractivity contribution in [1.82, 2.24) is 10.2 Å². The van der Waals surface area contributed by atoms with E-state index in [-0.39, 0.29) is 18.1 Å². The normalized spacial score (nSPS) is 29.2. The van der Waals surface area contributed by atoms with Crippen molar-refractivity contribution in [3.63, 3.8) is 0 Å². The van der Waals surface area contributed by atoms with E-state index in [1.165, 1.54) is 0 Å². The number of nitrogens with one attached hydrogen (secondary N) is 1. The van der Waals surface area contributed by atoms with Crippen molar-refractivity contribution < 1.29 is 24.2 Å². The van der Waals surface area contributed by atoms with Gasteiger partial charge in [0.25, 0.3) is 0 Å². The van der Waals surface area contributed by atoms with Gasteiger partial charge in [-0.2, -0.15) is 0 Å². The predicted molar refractivity (Wildman–Crippen MR) is 80.6 cm³/mol. The zero-order valence-electron chi connectivity index (χ0n) is 13.1. The van der Waals surface area contributed by atoms with Crippen LogP contribution < -0.4 is 5.32 Å². The molecule has 23 heavy (non-hydrogen) atoms. The number of amides is 2. The van der Waals surface area contributed by atoms with E-state index in [1.54, 1.807) is 18.7 Å². The third-order valence-corrected chi connectivity index (χ3v) is 4.14. The molecule has 0 radical (unpaired) electrons. The number of likely N-dealkylation sites (tertiary alicyclic amines) is 1. The molecule has 7 heteroatoms. The first-order valence-corrected chi connectivity index (χ1v) is 7.53. The van der Waals surface area contributed by atoms with Crippen molar-refractivity contribution in [3.05, 3.63) is 35.9 Å². The Bertz CT molecular complexity index is 604. The summed E-state index contributed by atoms with van der Waals surface area (Å²) in [4.78, 5) is 24.9. The van der Waals surface area contributed by atoms with Gasteiger partial charge in [0, 0.05) is 6.54 Å². The van der Waals surface area contributed by atoms with Crippen molar-refractivity contribution in [1.29, 1.82) is 0 Å². The Morgan fingerprint density at radius 3 is 2.65 bits per heavy atom. The Balaban J connectivity index is 1.77. The molecular weight excluding hydrogens is 300 g/mol. The quantitative estimate of drug-likeness (QED) is 0.814. The van der Waals surface area contributed by atoms with E-state index in [4.69, 9.17) is 14.6 Å². The second-order valence-corrected chi connectivity index (χ2v) is 6.24. The predicted octanol–water partition coefficient (Wildman–Crippen LogP) is 1.19. The average molecular weight is 320 g/mol. The lowest BCUT2D eigenvalue weighted by atomic mass is 9.89. The van der Waals surface area contributed by atoms with Crippen molar-refractivity contribution in [2.75, 3.05) is 6.61 Å². The van der Waals surface area contributed by atoms with Crippen LogP contribution in [0.4, 0.5) is 4.79 Å². The van der Waals surface area contributed by atoms with Gasteiger partial charge in [0.15, 0.2) is 5.79 Å². The number of benzene rings is 1. The molecular formula is C16H20N2O5. The molecule has 2 N–H and O–H groups in total. The smallest absolute Gasteiger partial charge is 0.405 e. The molecule has 2 amide bonds. The van der Waals surface area contributed by atoms with Crippen LogP contribution in [0.3, 0.4) is 0 Å². The lowest BCUT2D eigenvalue weighted by Crippen LogP contribution is -2.74. The largest absolute Gasteiger partial charge is 0.465 e. The van der Waals surface area contributed by atoms with Gasteiger partial charge in [-0.3, -0.25) is 4.79 Å². The van der Waals surface area contributed by atoms with Crippen molar-refractivity contribution in [3.8, 4) is 0 Å². The number of carboxylic acid groups (broad SMARTS) is 1. The summed E-state index contributed by atoms with van der Waals surface area (Å²) >= 11 is 0. The standard InChI is InChI=1S/C16H20N2O5/c1-16(2)22-9-11(23-16)13-12(17-15(20)21)14(19)18(13)8-10-6-4-3-5-7-10/h3-7,11-13,17H,8-9H2,1-2H3,(H,20,21)/t11?,12-,13+/m1/s1.